The number of amides is 2. The predicted octanol–water partition coefficient (Wildman–Crippen LogP) is 2.25. The number of nitrogens with one attached hydrogen (secondary N) is 2. The summed E-state index contributed by atoms with van der Waals surface area (Å²) in [6.45, 7) is 3.84. The summed E-state index contributed by atoms with van der Waals surface area (Å²) in [6, 6.07) is 8.81. The second kappa shape index (κ2) is 6.72. The summed E-state index contributed by atoms with van der Waals surface area (Å²) in [5.74, 6) is -1.11. The van der Waals surface area contributed by atoms with Gasteiger partial charge in [0, 0.05) is 5.69 Å². The number of hydrogen-bond donors (Lipinski definition) is 3. The highest BCUT2D eigenvalue weighted by atomic mass is 16.4. The van der Waals surface area contributed by atoms with Crippen molar-refractivity contribution < 1.29 is 19.1 Å². The van der Waals surface area contributed by atoms with Crippen LogP contribution in [0.2, 0.25) is 0 Å². The van der Waals surface area contributed by atoms with E-state index in [1.54, 1.807) is 18.2 Å². The lowest BCUT2D eigenvalue weighted by Gasteiger charge is -2.26. The first kappa shape index (κ1) is 17.2. The fourth-order valence-electron chi connectivity index (χ4n) is 2.82. The maximum Gasteiger partial charge on any atom is 0.313 e. The highest BCUT2D eigenvalue weighted by Crippen LogP contribution is 2.45. The van der Waals surface area contributed by atoms with E-state index in [-0.39, 0.29) is 12.5 Å². The first-order chi connectivity index (χ1) is 11.9. The molecule has 1 saturated carbocycles. The van der Waals surface area contributed by atoms with E-state index < -0.39 is 17.4 Å². The molecule has 1 atom stereocenters. The normalized spacial score (nSPS) is 16.1. The van der Waals surface area contributed by atoms with Crippen LogP contribution in [0.5, 0.6) is 0 Å². The maximum absolute atomic E-state index is 12.1. The molecule has 0 radical (unpaired) electrons. The summed E-state index contributed by atoms with van der Waals surface area (Å²) >= 11 is 0. The number of aliphatic hydroxyl groups is 1. The van der Waals surface area contributed by atoms with E-state index >= 15 is 0 Å². The number of furan rings is 1. The van der Waals surface area contributed by atoms with E-state index in [1.165, 1.54) is 6.26 Å². The van der Waals surface area contributed by atoms with Crippen molar-refractivity contribution in [1.82, 2.24) is 5.32 Å². The second-order valence-electron chi connectivity index (χ2n) is 6.61. The monoisotopic (exact) mass is 342 g/mol. The van der Waals surface area contributed by atoms with Gasteiger partial charge >= 0.3 is 11.8 Å². The second-order valence-corrected chi connectivity index (χ2v) is 6.61. The van der Waals surface area contributed by atoms with Gasteiger partial charge in [-0.05, 0) is 68.0 Å². The third-order valence-electron chi connectivity index (χ3n) is 4.69. The Labute approximate surface area is 146 Å². The van der Waals surface area contributed by atoms with Crippen molar-refractivity contribution in [2.75, 3.05) is 11.9 Å². The van der Waals surface area contributed by atoms with Crippen molar-refractivity contribution >= 4 is 17.5 Å². The molecule has 2 aromatic rings. The molecule has 132 valence electrons. The molecule has 1 heterocycles. The van der Waals surface area contributed by atoms with Crippen LogP contribution in [0.3, 0.4) is 0 Å². The third-order valence-corrected chi connectivity index (χ3v) is 4.69. The standard InChI is InChI=1S/C19H22N2O4/c1-12-5-8-15(10-13(12)2)21-18(23)17(22)20-11-19(24,14-6-7-14)16-4-3-9-25-16/h3-5,8-10,14,24H,6-7,11H2,1-2H3,(H,20,22)(H,21,23). The Morgan fingerprint density at radius 3 is 2.56 bits per heavy atom. The molecule has 2 amide bonds. The Morgan fingerprint density at radius 2 is 1.96 bits per heavy atom. The molecule has 3 rings (SSSR count). The number of carbonyl (C=O) groups is 2. The van der Waals surface area contributed by atoms with E-state index in [9.17, 15) is 14.7 Å². The van der Waals surface area contributed by atoms with Crippen LogP contribution >= 0.6 is 0 Å². The van der Waals surface area contributed by atoms with Crippen LogP contribution in [0, 0.1) is 19.8 Å². The summed E-state index contributed by atoms with van der Waals surface area (Å²) in [5, 5.41) is 15.9. The number of carbonyl (C=O) groups excluding carboxylic acids is 2. The average molecular weight is 342 g/mol. The molecule has 1 unspecified atom stereocenters. The molecule has 1 aromatic carbocycles. The largest absolute Gasteiger partial charge is 0.466 e. The smallest absolute Gasteiger partial charge is 0.313 e. The minimum absolute atomic E-state index is 0.0294. The van der Waals surface area contributed by atoms with Crippen molar-refractivity contribution in [3.63, 3.8) is 0 Å². The highest BCUT2D eigenvalue weighted by molar-refractivity contribution is 6.39. The maximum atomic E-state index is 12.1. The fourth-order valence-corrected chi connectivity index (χ4v) is 2.82. The molecular formula is C19H22N2O4. The van der Waals surface area contributed by atoms with Gasteiger partial charge < -0.3 is 20.2 Å². The van der Waals surface area contributed by atoms with Gasteiger partial charge in [0.05, 0.1) is 12.8 Å². The zero-order valence-electron chi connectivity index (χ0n) is 14.3. The Bertz CT molecular complexity index is 781. The van der Waals surface area contributed by atoms with Crippen LogP contribution in [0.15, 0.2) is 41.0 Å². The molecule has 1 aliphatic rings. The lowest BCUT2D eigenvalue weighted by molar-refractivity contribution is -0.137. The SMILES string of the molecule is Cc1ccc(NC(=O)C(=O)NCC(O)(c2ccco2)C2CC2)cc1C. The van der Waals surface area contributed by atoms with Gasteiger partial charge in [-0.1, -0.05) is 6.07 Å². The number of anilines is 1. The van der Waals surface area contributed by atoms with Crippen LogP contribution in [-0.2, 0) is 15.2 Å². The Hall–Kier alpha value is -2.60. The van der Waals surface area contributed by atoms with Gasteiger partial charge in [0.1, 0.15) is 11.4 Å². The number of hydrogen-bond acceptors (Lipinski definition) is 4. The van der Waals surface area contributed by atoms with Crippen molar-refractivity contribution in [3.05, 3.63) is 53.5 Å². The molecular weight excluding hydrogens is 320 g/mol. The molecule has 3 N–H and O–H groups in total. The van der Waals surface area contributed by atoms with Crippen LogP contribution in [0.25, 0.3) is 0 Å². The van der Waals surface area contributed by atoms with Crippen molar-refractivity contribution in [2.24, 2.45) is 5.92 Å². The fraction of sp³-hybridized carbons (Fsp3) is 0.368. The summed E-state index contributed by atoms with van der Waals surface area (Å²) < 4.78 is 5.31. The molecule has 6 heteroatoms. The topological polar surface area (TPSA) is 91.6 Å². The number of aryl methyl sites for hydroxylation is 2. The van der Waals surface area contributed by atoms with E-state index in [1.807, 2.05) is 26.0 Å². The zero-order chi connectivity index (χ0) is 18.0. The molecule has 1 aliphatic carbocycles. The minimum atomic E-state index is -1.28. The number of benzene rings is 1. The molecule has 25 heavy (non-hydrogen) atoms. The summed E-state index contributed by atoms with van der Waals surface area (Å²) in [4.78, 5) is 24.2. The van der Waals surface area contributed by atoms with Gasteiger partial charge in [-0.2, -0.15) is 0 Å². The van der Waals surface area contributed by atoms with E-state index in [4.69, 9.17) is 4.42 Å². The van der Waals surface area contributed by atoms with Crippen LogP contribution in [0.4, 0.5) is 5.69 Å². The van der Waals surface area contributed by atoms with Gasteiger partial charge in [0.15, 0.2) is 0 Å². The van der Waals surface area contributed by atoms with Crippen LogP contribution < -0.4 is 10.6 Å². The molecule has 1 fully saturated rings. The Balaban J connectivity index is 1.61. The van der Waals surface area contributed by atoms with Gasteiger partial charge in [-0.25, -0.2) is 0 Å². The minimum Gasteiger partial charge on any atom is -0.466 e. The molecule has 0 spiro atoms. The first-order valence-electron chi connectivity index (χ1n) is 8.33. The van der Waals surface area contributed by atoms with E-state index in [2.05, 4.69) is 10.6 Å². The lowest BCUT2D eigenvalue weighted by Crippen LogP contribution is -2.45. The van der Waals surface area contributed by atoms with E-state index in [0.29, 0.717) is 11.4 Å². The Kier molecular flexibility index (Phi) is 4.63. The average Bonchev–Trinajstić information content (AvgIpc) is 3.30. The lowest BCUT2D eigenvalue weighted by atomic mass is 9.94. The van der Waals surface area contributed by atoms with Crippen molar-refractivity contribution in [1.29, 1.82) is 0 Å². The van der Waals surface area contributed by atoms with Crippen molar-refractivity contribution in [2.45, 2.75) is 32.3 Å². The molecule has 6 nitrogen and oxygen atoms in total. The Morgan fingerprint density at radius 1 is 1.20 bits per heavy atom. The summed E-state index contributed by atoms with van der Waals surface area (Å²) in [7, 11) is 0. The van der Waals surface area contributed by atoms with Crippen LogP contribution in [-0.4, -0.2) is 23.5 Å². The van der Waals surface area contributed by atoms with Crippen molar-refractivity contribution in [3.8, 4) is 0 Å². The quantitative estimate of drug-likeness (QED) is 0.727. The third kappa shape index (κ3) is 3.74. The van der Waals surface area contributed by atoms with Crippen LogP contribution in [0.1, 0.15) is 29.7 Å². The summed E-state index contributed by atoms with van der Waals surface area (Å²) in [6.07, 6.45) is 3.21. The predicted molar refractivity (Wildman–Crippen MR) is 92.9 cm³/mol. The van der Waals surface area contributed by atoms with Gasteiger partial charge in [-0.3, -0.25) is 9.59 Å². The first-order valence-corrected chi connectivity index (χ1v) is 8.33. The molecule has 0 bridgehead atoms. The van der Waals surface area contributed by atoms with Gasteiger partial charge in [0.2, 0.25) is 0 Å². The number of rotatable bonds is 5. The summed E-state index contributed by atoms with van der Waals surface area (Å²) in [5.41, 5.74) is 1.42. The molecule has 0 saturated heterocycles. The van der Waals surface area contributed by atoms with Gasteiger partial charge in [-0.15, -0.1) is 0 Å². The molecule has 0 aliphatic heterocycles. The van der Waals surface area contributed by atoms with Gasteiger partial charge in [0.25, 0.3) is 0 Å². The van der Waals surface area contributed by atoms with E-state index in [0.717, 1.165) is 24.0 Å². The highest BCUT2D eigenvalue weighted by Gasteiger charge is 2.47. The molecule has 1 aromatic heterocycles. The zero-order valence-corrected chi connectivity index (χ0v) is 14.3.